The van der Waals surface area contributed by atoms with Gasteiger partial charge in [0.25, 0.3) is 0 Å². The van der Waals surface area contributed by atoms with E-state index in [9.17, 15) is 0 Å². The van der Waals surface area contributed by atoms with Crippen LogP contribution < -0.4 is 5.32 Å². The van der Waals surface area contributed by atoms with Gasteiger partial charge in [0.1, 0.15) is 11.6 Å². The van der Waals surface area contributed by atoms with Crippen LogP contribution in [0.5, 0.6) is 0 Å². The Labute approximate surface area is 138 Å². The third kappa shape index (κ3) is 3.30. The Hall–Kier alpha value is -1.88. The highest BCUT2D eigenvalue weighted by Crippen LogP contribution is 2.20. The van der Waals surface area contributed by atoms with Crippen molar-refractivity contribution in [3.8, 4) is 0 Å². The Morgan fingerprint density at radius 2 is 2.05 bits per heavy atom. The van der Waals surface area contributed by atoms with E-state index in [2.05, 4.69) is 43.5 Å². The zero-order valence-electron chi connectivity index (χ0n) is 12.7. The monoisotopic (exact) mass is 359 g/mol. The van der Waals surface area contributed by atoms with Gasteiger partial charge in [-0.1, -0.05) is 21.1 Å². The summed E-state index contributed by atoms with van der Waals surface area (Å²) in [5.41, 5.74) is 3.21. The molecule has 114 valence electrons. The number of pyridine rings is 1. The van der Waals surface area contributed by atoms with Gasteiger partial charge in [0.05, 0.1) is 11.2 Å². The number of nitrogens with one attached hydrogen (secondary N) is 1. The number of nitrogens with zero attached hydrogens (tertiary/aromatic N) is 2. The third-order valence-electron chi connectivity index (χ3n) is 3.74. The standard InChI is InChI=1S/C17H18BrN3O/c1-11-15(12(2)22-21-11)4-3-9-19-17-8-5-13-10-14(18)6-7-16(13)20-17/h5-8,10H,3-4,9H2,1-2H3,(H,19,20). The van der Waals surface area contributed by atoms with Crippen LogP contribution in [0.15, 0.2) is 39.3 Å². The Balaban J connectivity index is 1.59. The summed E-state index contributed by atoms with van der Waals surface area (Å²) in [7, 11) is 0. The van der Waals surface area contributed by atoms with E-state index in [1.54, 1.807) is 0 Å². The van der Waals surface area contributed by atoms with Crippen molar-refractivity contribution in [2.75, 3.05) is 11.9 Å². The quantitative estimate of drug-likeness (QED) is 0.673. The molecule has 1 aromatic carbocycles. The molecular weight excluding hydrogens is 342 g/mol. The van der Waals surface area contributed by atoms with Crippen LogP contribution in [0.2, 0.25) is 0 Å². The molecule has 3 rings (SSSR count). The summed E-state index contributed by atoms with van der Waals surface area (Å²) < 4.78 is 6.25. The van der Waals surface area contributed by atoms with E-state index in [1.165, 1.54) is 5.56 Å². The van der Waals surface area contributed by atoms with Crippen LogP contribution in [0, 0.1) is 13.8 Å². The van der Waals surface area contributed by atoms with Crippen LogP contribution in [-0.4, -0.2) is 16.7 Å². The van der Waals surface area contributed by atoms with Crippen LogP contribution in [-0.2, 0) is 6.42 Å². The Morgan fingerprint density at radius 3 is 2.82 bits per heavy atom. The van der Waals surface area contributed by atoms with Crippen molar-refractivity contribution < 1.29 is 4.52 Å². The Kier molecular flexibility index (Phi) is 4.43. The highest BCUT2D eigenvalue weighted by molar-refractivity contribution is 9.10. The number of hydrogen-bond donors (Lipinski definition) is 1. The largest absolute Gasteiger partial charge is 0.370 e. The topological polar surface area (TPSA) is 51.0 Å². The summed E-state index contributed by atoms with van der Waals surface area (Å²) in [6.45, 7) is 4.83. The number of rotatable bonds is 5. The highest BCUT2D eigenvalue weighted by Gasteiger charge is 2.08. The van der Waals surface area contributed by atoms with Crippen LogP contribution >= 0.6 is 15.9 Å². The summed E-state index contributed by atoms with van der Waals surface area (Å²) in [6, 6.07) is 10.2. The van der Waals surface area contributed by atoms with Gasteiger partial charge >= 0.3 is 0 Å². The average Bonchev–Trinajstić information content (AvgIpc) is 2.83. The molecule has 0 aliphatic carbocycles. The van der Waals surface area contributed by atoms with Crippen LogP contribution in [0.1, 0.15) is 23.4 Å². The van der Waals surface area contributed by atoms with E-state index in [-0.39, 0.29) is 0 Å². The molecular formula is C17H18BrN3O. The highest BCUT2D eigenvalue weighted by atomic mass is 79.9. The second-order valence-electron chi connectivity index (χ2n) is 5.37. The van der Waals surface area contributed by atoms with Gasteiger partial charge in [0, 0.05) is 22.0 Å². The summed E-state index contributed by atoms with van der Waals surface area (Å²) in [4.78, 5) is 4.62. The summed E-state index contributed by atoms with van der Waals surface area (Å²) >= 11 is 3.48. The molecule has 0 aliphatic rings. The molecule has 0 radical (unpaired) electrons. The number of halogens is 1. The molecule has 1 N–H and O–H groups in total. The van der Waals surface area contributed by atoms with Crippen LogP contribution in [0.3, 0.4) is 0 Å². The fourth-order valence-corrected chi connectivity index (χ4v) is 2.91. The fraction of sp³-hybridized carbons (Fsp3) is 0.294. The summed E-state index contributed by atoms with van der Waals surface area (Å²) in [5, 5.41) is 8.50. The number of fused-ring (bicyclic) bond motifs is 1. The van der Waals surface area contributed by atoms with Crippen molar-refractivity contribution >= 4 is 32.7 Å². The number of benzene rings is 1. The van der Waals surface area contributed by atoms with Crippen molar-refractivity contribution in [2.45, 2.75) is 26.7 Å². The maximum atomic E-state index is 5.18. The number of anilines is 1. The van der Waals surface area contributed by atoms with Gasteiger partial charge in [-0.2, -0.15) is 0 Å². The molecule has 0 atom stereocenters. The molecule has 0 unspecified atom stereocenters. The van der Waals surface area contributed by atoms with E-state index in [0.29, 0.717) is 0 Å². The molecule has 0 fully saturated rings. The lowest BCUT2D eigenvalue weighted by Crippen LogP contribution is -2.05. The van der Waals surface area contributed by atoms with Crippen LogP contribution in [0.25, 0.3) is 10.9 Å². The zero-order valence-corrected chi connectivity index (χ0v) is 14.3. The maximum absolute atomic E-state index is 5.18. The Morgan fingerprint density at radius 1 is 1.18 bits per heavy atom. The number of aryl methyl sites for hydroxylation is 2. The number of hydrogen-bond acceptors (Lipinski definition) is 4. The SMILES string of the molecule is Cc1noc(C)c1CCCNc1ccc2cc(Br)ccc2n1. The molecule has 0 aliphatic heterocycles. The van der Waals surface area contributed by atoms with Gasteiger partial charge in [0.15, 0.2) is 0 Å². The van der Waals surface area contributed by atoms with Gasteiger partial charge in [0.2, 0.25) is 0 Å². The normalized spacial score (nSPS) is 11.0. The molecule has 0 spiro atoms. The van der Waals surface area contributed by atoms with Gasteiger partial charge in [-0.05, 0) is 57.0 Å². The van der Waals surface area contributed by atoms with E-state index in [1.807, 2.05) is 32.0 Å². The second kappa shape index (κ2) is 6.48. The first-order valence-electron chi connectivity index (χ1n) is 7.35. The lowest BCUT2D eigenvalue weighted by molar-refractivity contribution is 0.392. The lowest BCUT2D eigenvalue weighted by Gasteiger charge is -2.07. The second-order valence-corrected chi connectivity index (χ2v) is 6.28. The minimum atomic E-state index is 0.874. The summed E-state index contributed by atoms with van der Waals surface area (Å²) in [5.74, 6) is 1.83. The van der Waals surface area contributed by atoms with Crippen molar-refractivity contribution in [1.29, 1.82) is 0 Å². The molecule has 0 saturated heterocycles. The predicted molar refractivity (Wildman–Crippen MR) is 92.2 cm³/mol. The summed E-state index contributed by atoms with van der Waals surface area (Å²) in [6.07, 6.45) is 1.98. The molecule has 2 heterocycles. The van der Waals surface area contributed by atoms with Gasteiger partial charge in [-0.15, -0.1) is 0 Å². The third-order valence-corrected chi connectivity index (χ3v) is 4.24. The minimum Gasteiger partial charge on any atom is -0.370 e. The van der Waals surface area contributed by atoms with Gasteiger partial charge in [-0.25, -0.2) is 4.98 Å². The van der Waals surface area contributed by atoms with Crippen molar-refractivity contribution in [1.82, 2.24) is 10.1 Å². The first-order chi connectivity index (χ1) is 10.6. The molecule has 5 heteroatoms. The van der Waals surface area contributed by atoms with E-state index in [0.717, 1.165) is 52.0 Å². The lowest BCUT2D eigenvalue weighted by atomic mass is 10.1. The zero-order chi connectivity index (χ0) is 15.5. The van der Waals surface area contributed by atoms with Gasteiger partial charge in [-0.3, -0.25) is 0 Å². The van der Waals surface area contributed by atoms with E-state index in [4.69, 9.17) is 4.52 Å². The first-order valence-corrected chi connectivity index (χ1v) is 8.15. The molecule has 0 bridgehead atoms. The molecule has 0 amide bonds. The number of aromatic nitrogens is 2. The fourth-order valence-electron chi connectivity index (χ4n) is 2.54. The average molecular weight is 360 g/mol. The molecule has 22 heavy (non-hydrogen) atoms. The van der Waals surface area contributed by atoms with Crippen molar-refractivity contribution in [2.24, 2.45) is 0 Å². The molecule has 4 nitrogen and oxygen atoms in total. The predicted octanol–water partition coefficient (Wildman–Crippen LogP) is 4.65. The Bertz CT molecular complexity index is 778. The van der Waals surface area contributed by atoms with E-state index >= 15 is 0 Å². The van der Waals surface area contributed by atoms with Crippen molar-refractivity contribution in [3.63, 3.8) is 0 Å². The maximum Gasteiger partial charge on any atom is 0.137 e. The first kappa shape index (κ1) is 15.0. The minimum absolute atomic E-state index is 0.874. The molecule has 3 aromatic rings. The molecule has 2 aromatic heterocycles. The van der Waals surface area contributed by atoms with Crippen LogP contribution in [0.4, 0.5) is 5.82 Å². The van der Waals surface area contributed by atoms with E-state index < -0.39 is 0 Å². The smallest absolute Gasteiger partial charge is 0.137 e. The van der Waals surface area contributed by atoms with Gasteiger partial charge < -0.3 is 9.84 Å². The van der Waals surface area contributed by atoms with Crippen molar-refractivity contribution in [3.05, 3.63) is 51.8 Å². The molecule has 0 saturated carbocycles.